The van der Waals surface area contributed by atoms with Crippen molar-refractivity contribution in [3.8, 4) is 5.75 Å². The van der Waals surface area contributed by atoms with Gasteiger partial charge in [-0.2, -0.15) is 0 Å². The van der Waals surface area contributed by atoms with Crippen molar-refractivity contribution in [1.29, 1.82) is 0 Å². The van der Waals surface area contributed by atoms with Gasteiger partial charge in [0.1, 0.15) is 27.9 Å². The van der Waals surface area contributed by atoms with E-state index >= 15 is 0 Å². The van der Waals surface area contributed by atoms with Crippen molar-refractivity contribution in [3.63, 3.8) is 0 Å². The van der Waals surface area contributed by atoms with Crippen molar-refractivity contribution in [2.24, 2.45) is 0 Å². The van der Waals surface area contributed by atoms with Crippen LogP contribution in [0.15, 0.2) is 35.1 Å². The molecule has 9 heteroatoms. The van der Waals surface area contributed by atoms with Crippen molar-refractivity contribution >= 4 is 27.5 Å². The second-order valence-corrected chi connectivity index (χ2v) is 9.12. The fourth-order valence-electron chi connectivity index (χ4n) is 4.11. The first-order valence-corrected chi connectivity index (χ1v) is 12.1. The summed E-state index contributed by atoms with van der Waals surface area (Å²) in [4.78, 5) is 38.4. The van der Waals surface area contributed by atoms with Crippen molar-refractivity contribution < 1.29 is 14.3 Å². The molecule has 0 aliphatic carbocycles. The number of ether oxygens (including phenoxy) is 2. The van der Waals surface area contributed by atoms with Crippen LogP contribution in [-0.2, 0) is 4.74 Å². The predicted molar refractivity (Wildman–Crippen MR) is 129 cm³/mol. The standard InChI is InChI=1S/C24H30N4O4S/c1-4-31-24(30)20-16(2)19-22(29)25-21(26-23(19)33-20)17(3)28-12-10-27(11-13-28)14-15-32-18-8-6-5-7-9-18/h5-9,17H,4,10-15H2,1-3H3,(H,25,26,29). The Morgan fingerprint density at radius 1 is 1.21 bits per heavy atom. The molecule has 1 aromatic carbocycles. The van der Waals surface area contributed by atoms with E-state index in [0.717, 1.165) is 38.5 Å². The average molecular weight is 471 g/mol. The molecule has 1 N–H and O–H groups in total. The van der Waals surface area contributed by atoms with Crippen LogP contribution >= 0.6 is 11.3 Å². The van der Waals surface area contributed by atoms with E-state index in [2.05, 4.69) is 21.7 Å². The van der Waals surface area contributed by atoms with Crippen molar-refractivity contribution in [2.45, 2.75) is 26.8 Å². The molecule has 0 bridgehead atoms. The number of para-hydroxylation sites is 1. The third-order valence-electron chi connectivity index (χ3n) is 6.05. The fourth-order valence-corrected chi connectivity index (χ4v) is 5.19. The van der Waals surface area contributed by atoms with Crippen LogP contribution in [0.5, 0.6) is 5.75 Å². The molecular weight excluding hydrogens is 440 g/mol. The van der Waals surface area contributed by atoms with Gasteiger partial charge in [-0.05, 0) is 38.5 Å². The molecule has 0 spiro atoms. The third kappa shape index (κ3) is 5.26. The summed E-state index contributed by atoms with van der Waals surface area (Å²) in [5.74, 6) is 1.12. The molecule has 1 unspecified atom stereocenters. The second-order valence-electron chi connectivity index (χ2n) is 8.12. The molecule has 1 aliphatic heterocycles. The Morgan fingerprint density at radius 3 is 2.64 bits per heavy atom. The molecule has 1 atom stereocenters. The number of thiophene rings is 1. The molecule has 176 valence electrons. The lowest BCUT2D eigenvalue weighted by Crippen LogP contribution is -2.48. The normalized spacial score (nSPS) is 16.1. The molecule has 0 amide bonds. The lowest BCUT2D eigenvalue weighted by atomic mass is 10.2. The molecule has 0 radical (unpaired) electrons. The quantitative estimate of drug-likeness (QED) is 0.506. The van der Waals surface area contributed by atoms with Gasteiger partial charge in [0.15, 0.2) is 0 Å². The molecular formula is C24H30N4O4S. The van der Waals surface area contributed by atoms with Gasteiger partial charge in [0, 0.05) is 32.7 Å². The Labute approximate surface area is 197 Å². The maximum atomic E-state index is 12.8. The van der Waals surface area contributed by atoms with Gasteiger partial charge < -0.3 is 14.5 Å². The zero-order valence-corrected chi connectivity index (χ0v) is 20.1. The van der Waals surface area contributed by atoms with Gasteiger partial charge in [-0.1, -0.05) is 18.2 Å². The van der Waals surface area contributed by atoms with E-state index in [9.17, 15) is 9.59 Å². The summed E-state index contributed by atoms with van der Waals surface area (Å²) < 4.78 is 10.9. The number of aromatic nitrogens is 2. The zero-order chi connectivity index (χ0) is 23.4. The molecule has 1 saturated heterocycles. The molecule has 0 saturated carbocycles. The highest BCUT2D eigenvalue weighted by Gasteiger charge is 2.26. The van der Waals surface area contributed by atoms with Crippen LogP contribution in [0, 0.1) is 6.92 Å². The minimum absolute atomic E-state index is 0.0294. The van der Waals surface area contributed by atoms with Crippen LogP contribution in [0.2, 0.25) is 0 Å². The van der Waals surface area contributed by atoms with Gasteiger partial charge in [-0.15, -0.1) is 11.3 Å². The van der Waals surface area contributed by atoms with E-state index in [4.69, 9.17) is 14.5 Å². The van der Waals surface area contributed by atoms with E-state index in [-0.39, 0.29) is 11.6 Å². The smallest absolute Gasteiger partial charge is 0.348 e. The highest BCUT2D eigenvalue weighted by atomic mass is 32.1. The van der Waals surface area contributed by atoms with Gasteiger partial charge >= 0.3 is 5.97 Å². The number of aryl methyl sites for hydroxylation is 1. The lowest BCUT2D eigenvalue weighted by molar-refractivity contribution is 0.0531. The fraction of sp³-hybridized carbons (Fsp3) is 0.458. The Morgan fingerprint density at radius 2 is 1.94 bits per heavy atom. The van der Waals surface area contributed by atoms with Crippen molar-refractivity contribution in [1.82, 2.24) is 19.8 Å². The van der Waals surface area contributed by atoms with Gasteiger partial charge in [-0.3, -0.25) is 14.6 Å². The molecule has 4 rings (SSSR count). The summed E-state index contributed by atoms with van der Waals surface area (Å²) in [5.41, 5.74) is 0.426. The highest BCUT2D eigenvalue weighted by molar-refractivity contribution is 7.20. The minimum Gasteiger partial charge on any atom is -0.492 e. The van der Waals surface area contributed by atoms with Crippen LogP contribution in [0.25, 0.3) is 10.2 Å². The monoisotopic (exact) mass is 470 g/mol. The number of carbonyl (C=O) groups excluding carboxylic acids is 1. The number of hydrogen-bond donors (Lipinski definition) is 1. The third-order valence-corrected chi connectivity index (χ3v) is 7.22. The lowest BCUT2D eigenvalue weighted by Gasteiger charge is -2.37. The van der Waals surface area contributed by atoms with E-state index < -0.39 is 5.97 Å². The Bertz CT molecular complexity index is 1150. The molecule has 3 heterocycles. The van der Waals surface area contributed by atoms with Crippen molar-refractivity contribution in [3.05, 3.63) is 57.0 Å². The Hall–Kier alpha value is -2.75. The maximum Gasteiger partial charge on any atom is 0.348 e. The molecule has 2 aromatic heterocycles. The highest BCUT2D eigenvalue weighted by Crippen LogP contribution is 2.29. The first kappa shape index (κ1) is 23.4. The number of rotatable bonds is 8. The summed E-state index contributed by atoms with van der Waals surface area (Å²) in [6, 6.07) is 9.83. The van der Waals surface area contributed by atoms with Crippen LogP contribution in [-0.4, -0.2) is 71.7 Å². The predicted octanol–water partition coefficient (Wildman–Crippen LogP) is 3.23. The van der Waals surface area contributed by atoms with Gasteiger partial charge in [0.05, 0.1) is 18.0 Å². The first-order chi connectivity index (χ1) is 16.0. The van der Waals surface area contributed by atoms with Gasteiger partial charge in [0.25, 0.3) is 5.56 Å². The molecule has 3 aromatic rings. The SMILES string of the molecule is CCOC(=O)c1sc2nc(C(C)N3CCN(CCOc4ccccc4)CC3)[nH]c(=O)c2c1C. The molecule has 8 nitrogen and oxygen atoms in total. The van der Waals surface area contributed by atoms with Gasteiger partial charge in [-0.25, -0.2) is 9.78 Å². The summed E-state index contributed by atoms with van der Waals surface area (Å²) in [7, 11) is 0. The number of carbonyl (C=O) groups is 1. The molecule has 1 aliphatic rings. The number of benzene rings is 1. The minimum atomic E-state index is -0.403. The maximum absolute atomic E-state index is 12.8. The molecule has 1 fully saturated rings. The van der Waals surface area contributed by atoms with Crippen LogP contribution in [0.4, 0.5) is 0 Å². The average Bonchev–Trinajstić information content (AvgIpc) is 3.17. The largest absolute Gasteiger partial charge is 0.492 e. The van der Waals surface area contributed by atoms with Crippen LogP contribution in [0.1, 0.15) is 40.9 Å². The topological polar surface area (TPSA) is 87.8 Å². The number of nitrogens with zero attached hydrogens (tertiary/aromatic N) is 3. The number of esters is 1. The number of H-pyrrole nitrogens is 1. The van der Waals surface area contributed by atoms with Crippen LogP contribution in [0.3, 0.4) is 0 Å². The number of piperazine rings is 1. The second kappa shape index (κ2) is 10.5. The summed E-state index contributed by atoms with van der Waals surface area (Å²) in [6.45, 7) is 11.0. The number of fused-ring (bicyclic) bond motifs is 1. The first-order valence-electron chi connectivity index (χ1n) is 11.3. The van der Waals surface area contributed by atoms with Crippen LogP contribution < -0.4 is 10.3 Å². The molecule has 33 heavy (non-hydrogen) atoms. The zero-order valence-electron chi connectivity index (χ0n) is 19.3. The number of nitrogens with one attached hydrogen (secondary N) is 1. The van der Waals surface area contributed by atoms with Crippen molar-refractivity contribution in [2.75, 3.05) is 45.9 Å². The Kier molecular flexibility index (Phi) is 7.42. The number of aromatic amines is 1. The van der Waals surface area contributed by atoms with E-state index in [1.807, 2.05) is 30.3 Å². The van der Waals surface area contributed by atoms with Gasteiger partial charge in [0.2, 0.25) is 0 Å². The van der Waals surface area contributed by atoms with E-state index in [0.29, 0.717) is 39.7 Å². The Balaban J connectivity index is 1.38. The van der Waals surface area contributed by atoms with E-state index in [1.54, 1.807) is 13.8 Å². The summed E-state index contributed by atoms with van der Waals surface area (Å²) >= 11 is 1.23. The number of hydrogen-bond acceptors (Lipinski definition) is 8. The van der Waals surface area contributed by atoms with E-state index in [1.165, 1.54) is 11.3 Å². The summed E-state index contributed by atoms with van der Waals surface area (Å²) in [6.07, 6.45) is 0. The summed E-state index contributed by atoms with van der Waals surface area (Å²) in [5, 5.41) is 0.474.